The van der Waals surface area contributed by atoms with Gasteiger partial charge in [-0.15, -0.1) is 0 Å². The number of hydrogen-bond acceptors (Lipinski definition) is 2. The fourth-order valence-corrected chi connectivity index (χ4v) is 2.78. The van der Waals surface area contributed by atoms with Gasteiger partial charge in [-0.25, -0.2) is 0 Å². The average Bonchev–Trinajstić information content (AvgIpc) is 2.53. The van der Waals surface area contributed by atoms with E-state index in [4.69, 9.17) is 16.9 Å². The molecule has 0 bridgehead atoms. The fourth-order valence-electron chi connectivity index (χ4n) is 2.45. The highest BCUT2D eigenvalue weighted by Gasteiger charge is 2.40. The molecule has 0 heterocycles. The van der Waals surface area contributed by atoms with Gasteiger partial charge in [0.1, 0.15) is 5.78 Å². The number of nitrogens with zero attached hydrogens (tertiary/aromatic N) is 1. The number of benzene rings is 1. The Kier molecular flexibility index (Phi) is 2.97. The van der Waals surface area contributed by atoms with E-state index in [9.17, 15) is 4.79 Å². The number of carbonyl (C=O) groups is 1. The van der Waals surface area contributed by atoms with Gasteiger partial charge in [-0.3, -0.25) is 4.79 Å². The highest BCUT2D eigenvalue weighted by atomic mass is 35.5. The van der Waals surface area contributed by atoms with Crippen LogP contribution in [-0.2, 0) is 4.79 Å². The predicted octanol–water partition coefficient (Wildman–Crippen LogP) is 3.68. The summed E-state index contributed by atoms with van der Waals surface area (Å²) in [6, 6.07) is 7.37. The van der Waals surface area contributed by atoms with E-state index in [1.54, 1.807) is 12.1 Å². The van der Waals surface area contributed by atoms with Crippen LogP contribution < -0.4 is 0 Å². The zero-order valence-electron chi connectivity index (χ0n) is 9.96. The number of Topliss-reactive ketones (excluding diaryl/α,β-unsaturated/α-hetero) is 1. The van der Waals surface area contributed by atoms with E-state index in [1.807, 2.05) is 19.9 Å². The van der Waals surface area contributed by atoms with Crippen molar-refractivity contribution in [1.82, 2.24) is 0 Å². The molecule has 2 nitrogen and oxygen atoms in total. The molecule has 1 aliphatic rings. The van der Waals surface area contributed by atoms with E-state index in [1.165, 1.54) is 0 Å². The molecule has 88 valence electrons. The summed E-state index contributed by atoms with van der Waals surface area (Å²) >= 11 is 6.17. The third-order valence-corrected chi connectivity index (χ3v) is 3.84. The standard InChI is InChI=1S/C14H14ClNO/c1-14(2)7-10(6-13(14)17)11-4-3-9(8-16)5-12(11)15/h3-5,10H,6-7H2,1-2H3/t10-/m0/s1. The molecular formula is C14H14ClNO. The molecule has 0 aromatic heterocycles. The number of halogens is 1. The maximum Gasteiger partial charge on any atom is 0.139 e. The van der Waals surface area contributed by atoms with E-state index in [2.05, 4.69) is 6.07 Å². The van der Waals surface area contributed by atoms with E-state index in [-0.39, 0.29) is 11.3 Å². The monoisotopic (exact) mass is 247 g/mol. The number of carbonyl (C=O) groups excluding carboxylic acids is 1. The molecule has 1 fully saturated rings. The highest BCUT2D eigenvalue weighted by molar-refractivity contribution is 6.31. The van der Waals surface area contributed by atoms with Crippen LogP contribution in [0.4, 0.5) is 0 Å². The summed E-state index contributed by atoms with van der Waals surface area (Å²) in [7, 11) is 0. The van der Waals surface area contributed by atoms with Crippen LogP contribution in [0.5, 0.6) is 0 Å². The van der Waals surface area contributed by atoms with Gasteiger partial charge in [-0.1, -0.05) is 31.5 Å². The van der Waals surface area contributed by atoms with Crippen LogP contribution in [0.15, 0.2) is 18.2 Å². The number of nitriles is 1. The molecule has 1 aliphatic carbocycles. The van der Waals surface area contributed by atoms with Crippen molar-refractivity contribution < 1.29 is 4.79 Å². The summed E-state index contributed by atoms with van der Waals surface area (Å²) in [5.74, 6) is 0.487. The zero-order chi connectivity index (χ0) is 12.6. The first-order valence-electron chi connectivity index (χ1n) is 5.67. The van der Waals surface area contributed by atoms with Gasteiger partial charge >= 0.3 is 0 Å². The van der Waals surface area contributed by atoms with Crippen LogP contribution in [0.3, 0.4) is 0 Å². The van der Waals surface area contributed by atoms with Gasteiger partial charge in [0, 0.05) is 16.9 Å². The lowest BCUT2D eigenvalue weighted by Gasteiger charge is -2.16. The Morgan fingerprint density at radius 2 is 2.18 bits per heavy atom. The summed E-state index contributed by atoms with van der Waals surface area (Å²) in [4.78, 5) is 11.8. The summed E-state index contributed by atoms with van der Waals surface area (Å²) in [5, 5.41) is 9.38. The minimum atomic E-state index is -0.248. The molecule has 1 saturated carbocycles. The van der Waals surface area contributed by atoms with Crippen molar-refractivity contribution in [3.8, 4) is 6.07 Å². The largest absolute Gasteiger partial charge is 0.299 e. The molecule has 0 aliphatic heterocycles. The SMILES string of the molecule is CC1(C)C[C@@H](c2ccc(C#N)cc2Cl)CC1=O. The third-order valence-electron chi connectivity index (χ3n) is 3.51. The number of hydrogen-bond donors (Lipinski definition) is 0. The topological polar surface area (TPSA) is 40.9 Å². The fraction of sp³-hybridized carbons (Fsp3) is 0.429. The lowest BCUT2D eigenvalue weighted by molar-refractivity contribution is -0.124. The quantitative estimate of drug-likeness (QED) is 0.760. The molecule has 0 unspecified atom stereocenters. The Morgan fingerprint density at radius 1 is 1.47 bits per heavy atom. The normalized spacial score (nSPS) is 22.5. The molecule has 0 amide bonds. The van der Waals surface area contributed by atoms with Crippen molar-refractivity contribution >= 4 is 17.4 Å². The Morgan fingerprint density at radius 3 is 2.65 bits per heavy atom. The Hall–Kier alpha value is -1.33. The smallest absolute Gasteiger partial charge is 0.139 e. The van der Waals surface area contributed by atoms with Gasteiger partial charge in [0.05, 0.1) is 11.6 Å². The van der Waals surface area contributed by atoms with Crippen LogP contribution in [0.1, 0.15) is 43.7 Å². The molecule has 0 radical (unpaired) electrons. The Balaban J connectivity index is 2.32. The molecular weight excluding hydrogens is 234 g/mol. The molecule has 17 heavy (non-hydrogen) atoms. The molecule has 1 aromatic rings. The second-order valence-corrected chi connectivity index (χ2v) is 5.67. The first-order chi connectivity index (χ1) is 7.94. The summed E-state index contributed by atoms with van der Waals surface area (Å²) in [5.41, 5.74) is 1.30. The average molecular weight is 248 g/mol. The zero-order valence-corrected chi connectivity index (χ0v) is 10.7. The van der Waals surface area contributed by atoms with Gasteiger partial charge in [-0.2, -0.15) is 5.26 Å². The lowest BCUT2D eigenvalue weighted by atomic mass is 9.88. The van der Waals surface area contributed by atoms with Crippen molar-refractivity contribution in [3.05, 3.63) is 34.3 Å². The molecule has 0 saturated heterocycles. The van der Waals surface area contributed by atoms with E-state index >= 15 is 0 Å². The van der Waals surface area contributed by atoms with Gasteiger partial charge in [-0.05, 0) is 30.0 Å². The summed E-state index contributed by atoms with van der Waals surface area (Å²) < 4.78 is 0. The van der Waals surface area contributed by atoms with Crippen LogP contribution >= 0.6 is 11.6 Å². The third kappa shape index (κ3) is 2.21. The molecule has 3 heteroatoms. The minimum Gasteiger partial charge on any atom is -0.299 e. The Labute approximate surface area is 106 Å². The van der Waals surface area contributed by atoms with Gasteiger partial charge in [0.15, 0.2) is 0 Å². The first kappa shape index (κ1) is 12.1. The van der Waals surface area contributed by atoms with E-state index in [0.717, 1.165) is 12.0 Å². The van der Waals surface area contributed by atoms with Crippen molar-refractivity contribution in [3.63, 3.8) is 0 Å². The first-order valence-corrected chi connectivity index (χ1v) is 6.04. The minimum absolute atomic E-state index is 0.192. The van der Waals surface area contributed by atoms with Crippen LogP contribution in [0.2, 0.25) is 5.02 Å². The molecule has 1 aromatic carbocycles. The number of ketones is 1. The van der Waals surface area contributed by atoms with Crippen LogP contribution in [0.25, 0.3) is 0 Å². The molecule has 0 N–H and O–H groups in total. The van der Waals surface area contributed by atoms with Crippen molar-refractivity contribution in [2.45, 2.75) is 32.6 Å². The maximum absolute atomic E-state index is 11.8. The number of rotatable bonds is 1. The summed E-state index contributed by atoms with van der Waals surface area (Å²) in [6.45, 7) is 3.96. The highest BCUT2D eigenvalue weighted by Crippen LogP contribution is 2.45. The molecule has 0 spiro atoms. The summed E-state index contributed by atoms with van der Waals surface area (Å²) in [6.07, 6.45) is 1.38. The molecule has 1 atom stereocenters. The van der Waals surface area contributed by atoms with Crippen molar-refractivity contribution in [2.75, 3.05) is 0 Å². The molecule has 2 rings (SSSR count). The van der Waals surface area contributed by atoms with Gasteiger partial charge in [0.2, 0.25) is 0 Å². The Bertz CT molecular complexity index is 513. The van der Waals surface area contributed by atoms with E-state index in [0.29, 0.717) is 22.8 Å². The predicted molar refractivity (Wildman–Crippen MR) is 66.9 cm³/mol. The van der Waals surface area contributed by atoms with Crippen molar-refractivity contribution in [1.29, 1.82) is 5.26 Å². The van der Waals surface area contributed by atoms with Crippen LogP contribution in [-0.4, -0.2) is 5.78 Å². The van der Waals surface area contributed by atoms with E-state index < -0.39 is 0 Å². The second-order valence-electron chi connectivity index (χ2n) is 5.26. The second kappa shape index (κ2) is 4.16. The maximum atomic E-state index is 11.8. The van der Waals surface area contributed by atoms with Crippen LogP contribution in [0, 0.1) is 16.7 Å². The van der Waals surface area contributed by atoms with Gasteiger partial charge in [0.25, 0.3) is 0 Å². The lowest BCUT2D eigenvalue weighted by Crippen LogP contribution is -2.15. The van der Waals surface area contributed by atoms with Crippen molar-refractivity contribution in [2.24, 2.45) is 5.41 Å². The van der Waals surface area contributed by atoms with Gasteiger partial charge < -0.3 is 0 Å².